The van der Waals surface area contributed by atoms with Crippen molar-refractivity contribution >= 4 is 12.0 Å². The van der Waals surface area contributed by atoms with E-state index < -0.39 is 11.4 Å². The summed E-state index contributed by atoms with van der Waals surface area (Å²) in [6.45, 7) is 3.11. The van der Waals surface area contributed by atoms with Gasteiger partial charge in [-0.3, -0.25) is 4.79 Å². The summed E-state index contributed by atoms with van der Waals surface area (Å²) < 4.78 is 0. The van der Waals surface area contributed by atoms with Crippen LogP contribution in [-0.4, -0.2) is 30.2 Å². The van der Waals surface area contributed by atoms with Gasteiger partial charge in [-0.25, -0.2) is 4.79 Å². The summed E-state index contributed by atoms with van der Waals surface area (Å²) in [5, 5.41) is 15.2. The average Bonchev–Trinajstić information content (AvgIpc) is 2.98. The molecule has 2 fully saturated rings. The molecule has 3 N–H and O–H groups in total. The molecule has 5 heteroatoms. The summed E-state index contributed by atoms with van der Waals surface area (Å²) >= 11 is 0. The van der Waals surface area contributed by atoms with Crippen molar-refractivity contribution in [1.29, 1.82) is 0 Å². The Morgan fingerprint density at radius 1 is 1.10 bits per heavy atom. The molecule has 2 rings (SSSR count). The summed E-state index contributed by atoms with van der Waals surface area (Å²) in [4.78, 5) is 23.4. The van der Waals surface area contributed by atoms with Crippen LogP contribution in [0.3, 0.4) is 0 Å². The van der Waals surface area contributed by atoms with Crippen LogP contribution in [0, 0.1) is 17.3 Å². The highest BCUT2D eigenvalue weighted by Gasteiger charge is 2.41. The van der Waals surface area contributed by atoms with Gasteiger partial charge in [0.05, 0.1) is 5.41 Å². The average molecular weight is 296 g/mol. The minimum Gasteiger partial charge on any atom is -0.481 e. The molecule has 21 heavy (non-hydrogen) atoms. The van der Waals surface area contributed by atoms with Gasteiger partial charge in [-0.2, -0.15) is 0 Å². The van der Waals surface area contributed by atoms with E-state index in [0.29, 0.717) is 31.2 Å². The predicted molar refractivity (Wildman–Crippen MR) is 81.1 cm³/mol. The molecule has 0 aliphatic heterocycles. The van der Waals surface area contributed by atoms with Gasteiger partial charge in [0.1, 0.15) is 0 Å². The third-order valence-corrected chi connectivity index (χ3v) is 5.30. The molecular weight excluding hydrogens is 268 g/mol. The fourth-order valence-electron chi connectivity index (χ4n) is 3.54. The van der Waals surface area contributed by atoms with Gasteiger partial charge < -0.3 is 15.7 Å². The smallest absolute Gasteiger partial charge is 0.314 e. The first-order valence-corrected chi connectivity index (χ1v) is 8.27. The number of amides is 2. The van der Waals surface area contributed by atoms with E-state index in [1.165, 1.54) is 25.7 Å². The third-order valence-electron chi connectivity index (χ3n) is 5.30. The first kappa shape index (κ1) is 16.1. The monoisotopic (exact) mass is 296 g/mol. The Kier molecular flexibility index (Phi) is 5.48. The maximum absolute atomic E-state index is 11.9. The van der Waals surface area contributed by atoms with Crippen LogP contribution >= 0.6 is 0 Å². The Morgan fingerprint density at radius 2 is 1.71 bits per heavy atom. The van der Waals surface area contributed by atoms with Crippen molar-refractivity contribution in [3.8, 4) is 0 Å². The number of rotatable bonds is 5. The number of carboxylic acid groups (broad SMARTS) is 1. The lowest BCUT2D eigenvalue weighted by atomic mass is 9.71. The maximum atomic E-state index is 11.9. The number of carbonyl (C=O) groups is 2. The molecule has 0 atom stereocenters. The van der Waals surface area contributed by atoms with E-state index in [4.69, 9.17) is 0 Å². The molecule has 0 spiro atoms. The highest BCUT2D eigenvalue weighted by atomic mass is 16.4. The van der Waals surface area contributed by atoms with Gasteiger partial charge in [0.25, 0.3) is 0 Å². The maximum Gasteiger partial charge on any atom is 0.314 e. The molecule has 0 aromatic rings. The van der Waals surface area contributed by atoms with Crippen molar-refractivity contribution in [3.63, 3.8) is 0 Å². The summed E-state index contributed by atoms with van der Waals surface area (Å²) in [7, 11) is 0. The molecule has 5 nitrogen and oxygen atoms in total. The van der Waals surface area contributed by atoms with Gasteiger partial charge in [0.15, 0.2) is 0 Å². The van der Waals surface area contributed by atoms with Gasteiger partial charge >= 0.3 is 12.0 Å². The highest BCUT2D eigenvalue weighted by molar-refractivity contribution is 5.78. The molecule has 2 aliphatic carbocycles. The SMILES string of the molecule is CC1CCC(CNC(=O)NCC2CCCC2)(C(=O)O)CC1. The Labute approximate surface area is 126 Å². The van der Waals surface area contributed by atoms with Crippen LogP contribution in [0.15, 0.2) is 0 Å². The minimum atomic E-state index is -0.773. The highest BCUT2D eigenvalue weighted by Crippen LogP contribution is 2.38. The summed E-state index contributed by atoms with van der Waals surface area (Å²) in [5.41, 5.74) is -0.767. The number of hydrogen-bond donors (Lipinski definition) is 3. The van der Waals surface area contributed by atoms with Crippen molar-refractivity contribution < 1.29 is 14.7 Å². The molecule has 0 aromatic heterocycles. The van der Waals surface area contributed by atoms with Crippen LogP contribution in [0.4, 0.5) is 4.79 Å². The Balaban J connectivity index is 1.76. The van der Waals surface area contributed by atoms with Crippen molar-refractivity contribution in [2.24, 2.45) is 17.3 Å². The molecule has 2 amide bonds. The fourth-order valence-corrected chi connectivity index (χ4v) is 3.54. The molecule has 0 bridgehead atoms. The largest absolute Gasteiger partial charge is 0.481 e. The van der Waals surface area contributed by atoms with Gasteiger partial charge in [-0.1, -0.05) is 19.8 Å². The normalized spacial score (nSPS) is 30.0. The summed E-state index contributed by atoms with van der Waals surface area (Å²) in [6.07, 6.45) is 8.07. The molecule has 0 radical (unpaired) electrons. The lowest BCUT2D eigenvalue weighted by molar-refractivity contribution is -0.151. The Bertz CT molecular complexity index is 370. The Hall–Kier alpha value is -1.26. The predicted octanol–water partition coefficient (Wildman–Crippen LogP) is 2.76. The standard InChI is InChI=1S/C16H28N2O3/c1-12-6-8-16(9-7-12,14(19)20)11-18-15(21)17-10-13-4-2-3-5-13/h12-13H,2-11H2,1H3,(H,19,20)(H2,17,18,21). The van der Waals surface area contributed by atoms with E-state index in [2.05, 4.69) is 17.6 Å². The van der Waals surface area contributed by atoms with E-state index in [1.807, 2.05) is 0 Å². The van der Waals surface area contributed by atoms with Crippen molar-refractivity contribution in [2.45, 2.75) is 58.3 Å². The number of hydrogen-bond acceptors (Lipinski definition) is 2. The van der Waals surface area contributed by atoms with Gasteiger partial charge in [0.2, 0.25) is 0 Å². The van der Waals surface area contributed by atoms with Crippen molar-refractivity contribution in [3.05, 3.63) is 0 Å². The second-order valence-corrected chi connectivity index (χ2v) is 6.98. The van der Waals surface area contributed by atoms with E-state index in [1.54, 1.807) is 0 Å². The second-order valence-electron chi connectivity index (χ2n) is 6.98. The third kappa shape index (κ3) is 4.35. The summed E-state index contributed by atoms with van der Waals surface area (Å²) in [5.74, 6) is 0.416. The van der Waals surface area contributed by atoms with E-state index in [9.17, 15) is 14.7 Å². The van der Waals surface area contributed by atoms with E-state index in [0.717, 1.165) is 12.8 Å². The zero-order valence-electron chi connectivity index (χ0n) is 13.0. The fraction of sp³-hybridized carbons (Fsp3) is 0.875. The van der Waals surface area contributed by atoms with Crippen LogP contribution in [0.2, 0.25) is 0 Å². The van der Waals surface area contributed by atoms with Crippen LogP contribution in [0.25, 0.3) is 0 Å². The number of carboxylic acids is 1. The van der Waals surface area contributed by atoms with Crippen LogP contribution in [0.5, 0.6) is 0 Å². The Morgan fingerprint density at radius 3 is 2.29 bits per heavy atom. The minimum absolute atomic E-state index is 0.221. The van der Waals surface area contributed by atoms with Crippen molar-refractivity contribution in [1.82, 2.24) is 10.6 Å². The van der Waals surface area contributed by atoms with Crippen LogP contribution in [0.1, 0.15) is 58.3 Å². The lowest BCUT2D eigenvalue weighted by Gasteiger charge is -2.35. The quantitative estimate of drug-likeness (QED) is 0.730. The lowest BCUT2D eigenvalue weighted by Crippen LogP contribution is -2.48. The van der Waals surface area contributed by atoms with E-state index >= 15 is 0 Å². The van der Waals surface area contributed by atoms with Gasteiger partial charge in [-0.15, -0.1) is 0 Å². The molecule has 2 saturated carbocycles. The van der Waals surface area contributed by atoms with Gasteiger partial charge in [-0.05, 0) is 50.4 Å². The number of aliphatic carboxylic acids is 1. The zero-order chi connectivity index (χ0) is 15.3. The number of carbonyl (C=O) groups excluding carboxylic acids is 1. The molecule has 0 unspecified atom stereocenters. The summed E-state index contributed by atoms with van der Waals surface area (Å²) in [6, 6.07) is -0.221. The first-order chi connectivity index (χ1) is 10.0. The van der Waals surface area contributed by atoms with E-state index in [-0.39, 0.29) is 12.6 Å². The van der Waals surface area contributed by atoms with Crippen LogP contribution in [-0.2, 0) is 4.79 Å². The molecule has 120 valence electrons. The topological polar surface area (TPSA) is 78.4 Å². The number of urea groups is 1. The first-order valence-electron chi connectivity index (χ1n) is 8.27. The number of nitrogens with one attached hydrogen (secondary N) is 2. The van der Waals surface area contributed by atoms with Crippen molar-refractivity contribution in [2.75, 3.05) is 13.1 Å². The van der Waals surface area contributed by atoms with Crippen LogP contribution < -0.4 is 10.6 Å². The van der Waals surface area contributed by atoms with Gasteiger partial charge in [0, 0.05) is 13.1 Å². The molecule has 2 aliphatic rings. The molecule has 0 aromatic carbocycles. The molecular formula is C16H28N2O3. The second kappa shape index (κ2) is 7.14. The zero-order valence-corrected chi connectivity index (χ0v) is 13.0. The molecule has 0 saturated heterocycles. The molecule has 0 heterocycles.